The third-order valence-electron chi connectivity index (χ3n) is 7.88. The standard InChI is InChI=1S/C33H37ClN6O4/c1-21(2)40-19-25(12-17-30(40)41)23-10-15-28(34)24(18-23)11-16-29(37-33(43)44-27-6-4-5-7-27)32(42)36-26-13-8-22(9-14-26)31-38-35-20-39(31)3/h8-10,12-15,17-21,27,29H,4-7,11,16H2,1-3H3,(H,36,42)(H,37,43)/t29-/m0/s1. The average molecular weight is 617 g/mol. The first kappa shape index (κ1) is 31.0. The molecule has 4 aromatic rings. The zero-order valence-electron chi connectivity index (χ0n) is 25.1. The fraction of sp³-hybridized carbons (Fsp3) is 0.364. The number of hydrogen-bond acceptors (Lipinski definition) is 6. The Hall–Kier alpha value is -4.44. The first-order chi connectivity index (χ1) is 21.2. The van der Waals surface area contributed by atoms with Gasteiger partial charge in [-0.1, -0.05) is 17.7 Å². The Kier molecular flexibility index (Phi) is 9.79. The van der Waals surface area contributed by atoms with Crippen LogP contribution >= 0.6 is 11.6 Å². The van der Waals surface area contributed by atoms with Gasteiger partial charge in [0.15, 0.2) is 5.82 Å². The highest BCUT2D eigenvalue weighted by molar-refractivity contribution is 6.31. The normalized spacial score (nSPS) is 14.0. The number of ether oxygens (including phenoxy) is 1. The molecular formula is C33H37ClN6O4. The number of carbonyl (C=O) groups is 2. The molecule has 230 valence electrons. The largest absolute Gasteiger partial charge is 0.446 e. The molecule has 0 bridgehead atoms. The lowest BCUT2D eigenvalue weighted by atomic mass is 9.99. The van der Waals surface area contributed by atoms with Gasteiger partial charge in [0, 0.05) is 41.6 Å². The molecule has 0 saturated heterocycles. The minimum absolute atomic E-state index is 0.0200. The fourth-order valence-corrected chi connectivity index (χ4v) is 5.61. The van der Waals surface area contributed by atoms with Crippen molar-refractivity contribution in [2.24, 2.45) is 7.05 Å². The maximum absolute atomic E-state index is 13.5. The summed E-state index contributed by atoms with van der Waals surface area (Å²) >= 11 is 6.59. The van der Waals surface area contributed by atoms with E-state index >= 15 is 0 Å². The lowest BCUT2D eigenvalue weighted by molar-refractivity contribution is -0.118. The molecule has 11 heteroatoms. The number of alkyl carbamates (subject to hydrolysis) is 1. The number of amides is 2. The SMILES string of the molecule is CC(C)n1cc(-c2ccc(Cl)c(CC[C@H](NC(=O)OC3CCCC3)C(=O)Nc3ccc(-c4nncn4C)cc3)c2)ccc1=O. The van der Waals surface area contributed by atoms with E-state index in [-0.39, 0.29) is 30.0 Å². The van der Waals surface area contributed by atoms with Gasteiger partial charge in [0.2, 0.25) is 5.91 Å². The number of benzene rings is 2. The van der Waals surface area contributed by atoms with Crippen molar-refractivity contribution in [1.82, 2.24) is 24.6 Å². The second-order valence-corrected chi connectivity index (χ2v) is 11.8. The first-order valence-electron chi connectivity index (χ1n) is 14.9. The second kappa shape index (κ2) is 13.9. The molecule has 1 saturated carbocycles. The van der Waals surface area contributed by atoms with Crippen LogP contribution in [0.5, 0.6) is 0 Å². The molecule has 0 radical (unpaired) electrons. The van der Waals surface area contributed by atoms with Crippen molar-refractivity contribution in [2.75, 3.05) is 5.32 Å². The number of hydrogen-bond donors (Lipinski definition) is 2. The van der Waals surface area contributed by atoms with Crippen LogP contribution in [0.15, 0.2) is 71.9 Å². The van der Waals surface area contributed by atoms with Crippen LogP contribution in [0.1, 0.15) is 57.6 Å². The van der Waals surface area contributed by atoms with Crippen molar-refractivity contribution < 1.29 is 14.3 Å². The number of pyridine rings is 1. The van der Waals surface area contributed by atoms with E-state index in [4.69, 9.17) is 16.3 Å². The fourth-order valence-electron chi connectivity index (χ4n) is 5.40. The summed E-state index contributed by atoms with van der Waals surface area (Å²) in [6.45, 7) is 3.92. The summed E-state index contributed by atoms with van der Waals surface area (Å²) in [7, 11) is 1.86. The highest BCUT2D eigenvalue weighted by Gasteiger charge is 2.25. The van der Waals surface area contributed by atoms with Crippen molar-refractivity contribution in [1.29, 1.82) is 0 Å². The van der Waals surface area contributed by atoms with Crippen molar-refractivity contribution in [3.05, 3.63) is 88.1 Å². The van der Waals surface area contributed by atoms with Gasteiger partial charge < -0.3 is 24.5 Å². The van der Waals surface area contributed by atoms with Gasteiger partial charge >= 0.3 is 6.09 Å². The highest BCUT2D eigenvalue weighted by atomic mass is 35.5. The molecule has 2 amide bonds. The summed E-state index contributed by atoms with van der Waals surface area (Å²) in [6.07, 6.45) is 7.14. The summed E-state index contributed by atoms with van der Waals surface area (Å²) in [5, 5.41) is 14.3. The summed E-state index contributed by atoms with van der Waals surface area (Å²) in [5.41, 5.74) is 3.98. The molecule has 0 aliphatic heterocycles. The lowest BCUT2D eigenvalue weighted by Gasteiger charge is -2.20. The molecule has 0 spiro atoms. The zero-order valence-corrected chi connectivity index (χ0v) is 25.9. The molecule has 10 nitrogen and oxygen atoms in total. The molecule has 44 heavy (non-hydrogen) atoms. The van der Waals surface area contributed by atoms with Crippen molar-refractivity contribution in [2.45, 2.75) is 70.6 Å². The van der Waals surface area contributed by atoms with Gasteiger partial charge in [0.05, 0.1) is 0 Å². The minimum atomic E-state index is -0.870. The number of carbonyl (C=O) groups excluding carboxylic acids is 2. The molecule has 5 rings (SSSR count). The van der Waals surface area contributed by atoms with Crippen LogP contribution < -0.4 is 16.2 Å². The van der Waals surface area contributed by atoms with Crippen LogP contribution in [0, 0.1) is 0 Å². The smallest absolute Gasteiger partial charge is 0.408 e. The predicted molar refractivity (Wildman–Crippen MR) is 171 cm³/mol. The van der Waals surface area contributed by atoms with Gasteiger partial charge in [-0.25, -0.2) is 4.79 Å². The molecule has 1 atom stereocenters. The Bertz CT molecular complexity index is 1670. The van der Waals surface area contributed by atoms with Crippen LogP contribution in [0.4, 0.5) is 10.5 Å². The van der Waals surface area contributed by atoms with E-state index in [2.05, 4.69) is 20.8 Å². The van der Waals surface area contributed by atoms with Gasteiger partial charge in [-0.2, -0.15) is 0 Å². The average Bonchev–Trinajstić information content (AvgIpc) is 3.68. The Labute approximate surface area is 261 Å². The van der Waals surface area contributed by atoms with E-state index < -0.39 is 12.1 Å². The number of nitrogens with zero attached hydrogens (tertiary/aromatic N) is 4. The highest BCUT2D eigenvalue weighted by Crippen LogP contribution is 2.27. The Morgan fingerprint density at radius 1 is 1.02 bits per heavy atom. The Morgan fingerprint density at radius 2 is 1.73 bits per heavy atom. The van der Waals surface area contributed by atoms with Gasteiger partial charge in [0.25, 0.3) is 5.56 Å². The van der Waals surface area contributed by atoms with E-state index in [1.807, 2.05) is 62.0 Å². The van der Waals surface area contributed by atoms with Gasteiger partial charge in [-0.05, 0) is 112 Å². The number of aryl methyl sites for hydroxylation is 2. The number of anilines is 1. The van der Waals surface area contributed by atoms with E-state index in [1.54, 1.807) is 35.2 Å². The lowest BCUT2D eigenvalue weighted by Crippen LogP contribution is -2.45. The topological polar surface area (TPSA) is 120 Å². The maximum atomic E-state index is 13.5. The van der Waals surface area contributed by atoms with Crippen LogP contribution in [-0.2, 0) is 23.0 Å². The van der Waals surface area contributed by atoms with Gasteiger partial charge in [0.1, 0.15) is 18.5 Å². The maximum Gasteiger partial charge on any atom is 0.408 e. The predicted octanol–water partition coefficient (Wildman–Crippen LogP) is 6.15. The monoisotopic (exact) mass is 616 g/mol. The summed E-state index contributed by atoms with van der Waals surface area (Å²) in [5.74, 6) is 0.343. The quantitative estimate of drug-likeness (QED) is 0.220. The molecule has 1 fully saturated rings. The number of halogens is 1. The van der Waals surface area contributed by atoms with Crippen molar-refractivity contribution in [3.63, 3.8) is 0 Å². The Balaban J connectivity index is 1.32. The van der Waals surface area contributed by atoms with Crippen LogP contribution in [0.2, 0.25) is 5.02 Å². The van der Waals surface area contributed by atoms with Crippen molar-refractivity contribution in [3.8, 4) is 22.5 Å². The van der Waals surface area contributed by atoms with E-state index in [9.17, 15) is 14.4 Å². The first-order valence-corrected chi connectivity index (χ1v) is 15.3. The molecular weight excluding hydrogens is 580 g/mol. The second-order valence-electron chi connectivity index (χ2n) is 11.4. The third-order valence-corrected chi connectivity index (χ3v) is 8.25. The molecule has 1 aliphatic carbocycles. The molecule has 2 N–H and O–H groups in total. The summed E-state index contributed by atoms with van der Waals surface area (Å²) in [6, 6.07) is 15.5. The molecule has 1 aliphatic rings. The molecule has 2 aromatic heterocycles. The summed E-state index contributed by atoms with van der Waals surface area (Å²) in [4.78, 5) is 38.6. The van der Waals surface area contributed by atoms with E-state index in [0.29, 0.717) is 23.0 Å². The van der Waals surface area contributed by atoms with Crippen LogP contribution in [-0.4, -0.2) is 43.5 Å². The zero-order chi connectivity index (χ0) is 31.2. The van der Waals surface area contributed by atoms with Crippen LogP contribution in [0.3, 0.4) is 0 Å². The minimum Gasteiger partial charge on any atom is -0.446 e. The van der Waals surface area contributed by atoms with Gasteiger partial charge in [-0.15, -0.1) is 10.2 Å². The molecule has 0 unspecified atom stereocenters. The number of nitrogens with one attached hydrogen (secondary N) is 2. The number of aromatic nitrogens is 4. The molecule has 2 heterocycles. The van der Waals surface area contributed by atoms with Gasteiger partial charge in [-0.3, -0.25) is 9.59 Å². The third kappa shape index (κ3) is 7.55. The summed E-state index contributed by atoms with van der Waals surface area (Å²) < 4.78 is 9.10. The molecule has 2 aromatic carbocycles. The number of rotatable bonds is 10. The van der Waals surface area contributed by atoms with Crippen LogP contribution in [0.25, 0.3) is 22.5 Å². The van der Waals surface area contributed by atoms with Crippen molar-refractivity contribution >= 4 is 29.3 Å². The Morgan fingerprint density at radius 3 is 2.41 bits per heavy atom. The van der Waals surface area contributed by atoms with E-state index in [0.717, 1.165) is 47.9 Å². The van der Waals surface area contributed by atoms with E-state index in [1.165, 1.54) is 0 Å².